The third-order valence-corrected chi connectivity index (χ3v) is 7.38. The maximum Gasteiger partial charge on any atom is 0.248 e. The van der Waals surface area contributed by atoms with E-state index in [4.69, 9.17) is 0 Å². The average Bonchev–Trinajstić information content (AvgIpc) is 2.98. The van der Waals surface area contributed by atoms with E-state index in [0.29, 0.717) is 0 Å². The number of carbonyl (C=O) groups is 2. The smallest absolute Gasteiger partial charge is 0.248 e. The molecule has 2 aliphatic rings. The molecule has 0 bridgehead atoms. The minimum absolute atomic E-state index is 0.0504. The highest BCUT2D eigenvalue weighted by Gasteiger charge is 2.49. The molecule has 26 heavy (non-hydrogen) atoms. The summed E-state index contributed by atoms with van der Waals surface area (Å²) in [5.41, 5.74) is 0.172. The van der Waals surface area contributed by atoms with Gasteiger partial charge >= 0.3 is 0 Å². The molecular formula is C16H16FN2O5S2-. The number of anilines is 1. The predicted octanol–water partition coefficient (Wildman–Crippen LogP) is 0.347. The second kappa shape index (κ2) is 7.36. The number of amidine groups is 1. The van der Waals surface area contributed by atoms with Crippen LogP contribution in [-0.4, -0.2) is 48.3 Å². The zero-order valence-corrected chi connectivity index (χ0v) is 15.3. The molecule has 1 amide bonds. The van der Waals surface area contributed by atoms with Crippen molar-refractivity contribution in [2.75, 3.05) is 16.4 Å². The van der Waals surface area contributed by atoms with Crippen LogP contribution in [0.5, 0.6) is 0 Å². The molecule has 0 radical (unpaired) electrons. The van der Waals surface area contributed by atoms with E-state index in [2.05, 4.69) is 4.99 Å². The Hall–Kier alpha value is -1.94. The fourth-order valence-corrected chi connectivity index (χ4v) is 6.96. The van der Waals surface area contributed by atoms with Gasteiger partial charge in [-0.1, -0.05) is 23.9 Å². The fourth-order valence-electron chi connectivity index (χ4n) is 3.04. The van der Waals surface area contributed by atoms with Gasteiger partial charge in [-0.3, -0.25) is 4.79 Å². The fraction of sp³-hybridized carbons (Fsp3) is 0.438. The number of benzene rings is 1. The van der Waals surface area contributed by atoms with Crippen LogP contribution in [0.3, 0.4) is 0 Å². The molecule has 0 saturated carbocycles. The number of halogens is 1. The van der Waals surface area contributed by atoms with Gasteiger partial charge in [-0.25, -0.2) is 12.8 Å². The monoisotopic (exact) mass is 399 g/mol. The molecule has 0 aromatic heterocycles. The highest BCUT2D eigenvalue weighted by atomic mass is 32.2. The summed E-state index contributed by atoms with van der Waals surface area (Å²) < 4.78 is 38.2. The Morgan fingerprint density at radius 2 is 2.00 bits per heavy atom. The first-order valence-corrected chi connectivity index (χ1v) is 10.7. The van der Waals surface area contributed by atoms with Crippen molar-refractivity contribution in [2.45, 2.75) is 30.6 Å². The molecule has 1 aromatic carbocycles. The van der Waals surface area contributed by atoms with Crippen molar-refractivity contribution < 1.29 is 27.5 Å². The number of carboxylic acids is 1. The molecule has 0 spiro atoms. The number of amides is 1. The van der Waals surface area contributed by atoms with E-state index in [-0.39, 0.29) is 46.9 Å². The number of aliphatic imine (C=N–C) groups is 1. The number of carbonyl (C=O) groups excluding carboxylic acids is 2. The van der Waals surface area contributed by atoms with Crippen LogP contribution in [0.4, 0.5) is 10.1 Å². The molecule has 2 fully saturated rings. The first-order chi connectivity index (χ1) is 12.3. The Morgan fingerprint density at radius 3 is 2.69 bits per heavy atom. The topological polar surface area (TPSA) is 107 Å². The SMILES string of the molecule is O=C([O-])CCCC(=O)N=C1S[C@@H]2CS(=O)(=O)C[C@@H]2N1c1ccccc1F. The van der Waals surface area contributed by atoms with Gasteiger partial charge in [0, 0.05) is 17.6 Å². The van der Waals surface area contributed by atoms with Gasteiger partial charge in [0.25, 0.3) is 0 Å². The minimum Gasteiger partial charge on any atom is -0.550 e. The number of sulfone groups is 1. The average molecular weight is 399 g/mol. The van der Waals surface area contributed by atoms with E-state index < -0.39 is 33.6 Å². The maximum atomic E-state index is 14.3. The minimum atomic E-state index is -3.23. The third kappa shape index (κ3) is 4.07. The van der Waals surface area contributed by atoms with Gasteiger partial charge in [-0.05, 0) is 25.0 Å². The molecule has 7 nitrogen and oxygen atoms in total. The van der Waals surface area contributed by atoms with E-state index in [1.165, 1.54) is 23.1 Å². The van der Waals surface area contributed by atoms with Crippen LogP contribution in [0.2, 0.25) is 0 Å². The lowest BCUT2D eigenvalue weighted by atomic mass is 10.2. The van der Waals surface area contributed by atoms with Gasteiger partial charge in [0.1, 0.15) is 5.82 Å². The molecular weight excluding hydrogens is 383 g/mol. The standard InChI is InChI=1S/C16H17FN2O5S2/c17-10-4-1-2-5-11(10)19-12-8-26(23,24)9-13(12)25-16(19)18-14(20)6-3-7-15(21)22/h1-2,4-5,12-13H,3,6-9H2,(H,21,22)/p-1/t12-,13+/m0/s1. The van der Waals surface area contributed by atoms with Gasteiger partial charge in [-0.2, -0.15) is 4.99 Å². The normalized spacial score (nSPS) is 25.4. The number of aliphatic carboxylic acids is 1. The summed E-state index contributed by atoms with van der Waals surface area (Å²) in [6, 6.07) is 5.43. The van der Waals surface area contributed by atoms with Crippen LogP contribution in [0.25, 0.3) is 0 Å². The number of fused-ring (bicyclic) bond motifs is 1. The summed E-state index contributed by atoms with van der Waals surface area (Å²) in [6.45, 7) is 0. The Morgan fingerprint density at radius 1 is 1.27 bits per heavy atom. The second-order valence-electron chi connectivity index (χ2n) is 6.14. The summed E-state index contributed by atoms with van der Waals surface area (Å²) in [7, 11) is -3.23. The number of thioether (sulfide) groups is 1. The summed E-state index contributed by atoms with van der Waals surface area (Å²) in [5, 5.41) is 10.3. The van der Waals surface area contributed by atoms with Crippen LogP contribution < -0.4 is 10.0 Å². The summed E-state index contributed by atoms with van der Waals surface area (Å²) in [6.07, 6.45) is -0.218. The van der Waals surface area contributed by atoms with E-state index >= 15 is 0 Å². The molecule has 2 atom stereocenters. The number of nitrogens with zero attached hydrogens (tertiary/aromatic N) is 2. The van der Waals surface area contributed by atoms with Gasteiger partial charge < -0.3 is 14.8 Å². The first kappa shape index (κ1) is 18.8. The molecule has 0 aliphatic carbocycles. The Kier molecular flexibility index (Phi) is 5.33. The number of hydrogen-bond acceptors (Lipinski definition) is 6. The molecule has 2 saturated heterocycles. The van der Waals surface area contributed by atoms with Crippen molar-refractivity contribution in [3.8, 4) is 0 Å². The molecule has 3 rings (SSSR count). The van der Waals surface area contributed by atoms with Crippen molar-refractivity contribution in [2.24, 2.45) is 4.99 Å². The lowest BCUT2D eigenvalue weighted by Gasteiger charge is -2.24. The zero-order valence-electron chi connectivity index (χ0n) is 13.6. The van der Waals surface area contributed by atoms with Crippen LogP contribution in [-0.2, 0) is 19.4 Å². The molecule has 10 heteroatoms. The number of hydrogen-bond donors (Lipinski definition) is 0. The highest BCUT2D eigenvalue weighted by molar-refractivity contribution is 8.16. The third-order valence-electron chi connectivity index (χ3n) is 4.17. The van der Waals surface area contributed by atoms with E-state index in [9.17, 15) is 27.5 Å². The van der Waals surface area contributed by atoms with Gasteiger partial charge in [0.2, 0.25) is 5.91 Å². The van der Waals surface area contributed by atoms with Crippen molar-refractivity contribution in [3.05, 3.63) is 30.1 Å². The summed E-state index contributed by atoms with van der Waals surface area (Å²) >= 11 is 1.14. The lowest BCUT2D eigenvalue weighted by molar-refractivity contribution is -0.305. The Bertz CT molecular complexity index is 871. The number of rotatable bonds is 5. The molecule has 2 aliphatic heterocycles. The van der Waals surface area contributed by atoms with Gasteiger partial charge in [0.15, 0.2) is 15.0 Å². The van der Waals surface area contributed by atoms with Crippen LogP contribution in [0, 0.1) is 5.82 Å². The number of para-hydroxylation sites is 1. The molecule has 2 heterocycles. The van der Waals surface area contributed by atoms with Gasteiger partial charge in [0.05, 0.1) is 23.2 Å². The van der Waals surface area contributed by atoms with Crippen LogP contribution >= 0.6 is 11.8 Å². The second-order valence-corrected chi connectivity index (χ2v) is 9.50. The molecule has 0 N–H and O–H groups in total. The lowest BCUT2D eigenvalue weighted by Crippen LogP contribution is -2.38. The van der Waals surface area contributed by atoms with Crippen molar-refractivity contribution in [1.29, 1.82) is 0 Å². The van der Waals surface area contributed by atoms with E-state index in [0.717, 1.165) is 11.8 Å². The molecule has 1 aromatic rings. The quantitative estimate of drug-likeness (QED) is 0.703. The summed E-state index contributed by atoms with van der Waals surface area (Å²) in [5.74, 6) is -2.48. The van der Waals surface area contributed by atoms with Crippen molar-refractivity contribution in [3.63, 3.8) is 0 Å². The zero-order chi connectivity index (χ0) is 18.9. The Labute approximate surface area is 154 Å². The summed E-state index contributed by atoms with van der Waals surface area (Å²) in [4.78, 5) is 27.9. The van der Waals surface area contributed by atoms with Gasteiger partial charge in [-0.15, -0.1) is 0 Å². The molecule has 0 unspecified atom stereocenters. The Balaban J connectivity index is 1.87. The first-order valence-electron chi connectivity index (χ1n) is 7.99. The van der Waals surface area contributed by atoms with Crippen LogP contribution in [0.15, 0.2) is 29.3 Å². The number of carboxylic acid groups (broad SMARTS) is 1. The molecule has 140 valence electrons. The largest absolute Gasteiger partial charge is 0.550 e. The van der Waals surface area contributed by atoms with E-state index in [1.54, 1.807) is 6.07 Å². The maximum absolute atomic E-state index is 14.3. The van der Waals surface area contributed by atoms with E-state index in [1.807, 2.05) is 0 Å². The predicted molar refractivity (Wildman–Crippen MR) is 94.0 cm³/mol. The van der Waals surface area contributed by atoms with Crippen LogP contribution in [0.1, 0.15) is 19.3 Å². The van der Waals surface area contributed by atoms with Crippen molar-refractivity contribution >= 4 is 44.3 Å². The highest BCUT2D eigenvalue weighted by Crippen LogP contribution is 2.41. The van der Waals surface area contributed by atoms with Crippen molar-refractivity contribution in [1.82, 2.24) is 0 Å².